The number of fused-ring (bicyclic) bond motifs is 1. The van der Waals surface area contributed by atoms with Crippen LogP contribution in [0, 0.1) is 12.9 Å². The number of pyridine rings is 1. The van der Waals surface area contributed by atoms with Crippen LogP contribution in [0.2, 0.25) is 0 Å². The van der Waals surface area contributed by atoms with Gasteiger partial charge in [-0.1, -0.05) is 179 Å². The monoisotopic (exact) mass is 1050 g/mol. The van der Waals surface area contributed by atoms with Crippen molar-refractivity contribution in [2.24, 2.45) is 0 Å². The second kappa shape index (κ2) is 18.4. The van der Waals surface area contributed by atoms with Crippen LogP contribution in [0.5, 0.6) is 5.75 Å². The summed E-state index contributed by atoms with van der Waals surface area (Å²) in [4.78, 5) is 10.3. The number of phenolic OH excluding ortho intramolecular Hbond substituents is 1. The topological polar surface area (TPSA) is 50.9 Å². The van der Waals surface area contributed by atoms with Crippen LogP contribution in [0.15, 0.2) is 127 Å². The number of aromatic nitrogens is 3. The molecule has 4 nitrogen and oxygen atoms in total. The average Bonchev–Trinajstić information content (AvgIpc) is 3.69. The van der Waals surface area contributed by atoms with E-state index in [1.54, 1.807) is 18.3 Å². The van der Waals surface area contributed by atoms with Crippen LogP contribution in [0.25, 0.3) is 72.7 Å². The Labute approximate surface area is 413 Å². The molecular weight excluding hydrogens is 974 g/mol. The van der Waals surface area contributed by atoms with Crippen LogP contribution in [0.3, 0.4) is 0 Å². The molecule has 0 aliphatic carbocycles. The van der Waals surface area contributed by atoms with Crippen molar-refractivity contribution >= 4 is 11.0 Å². The van der Waals surface area contributed by atoms with Crippen LogP contribution < -0.4 is 0 Å². The molecule has 8 aromatic rings. The molecule has 65 heavy (non-hydrogen) atoms. The largest absolute Gasteiger partial charge is 0.507 e. The van der Waals surface area contributed by atoms with Gasteiger partial charge in [-0.25, -0.2) is 4.98 Å². The van der Waals surface area contributed by atoms with Gasteiger partial charge < -0.3 is 5.11 Å². The first-order valence-corrected chi connectivity index (χ1v) is 22.3. The third-order valence-electron chi connectivity index (χ3n) is 12.2. The molecule has 0 atom stereocenters. The molecule has 2 aromatic heterocycles. The van der Waals surface area contributed by atoms with Crippen molar-refractivity contribution in [2.45, 2.75) is 118 Å². The van der Waals surface area contributed by atoms with Gasteiger partial charge in [-0.05, 0) is 105 Å². The number of phenols is 1. The zero-order valence-corrected chi connectivity index (χ0v) is 41.8. The summed E-state index contributed by atoms with van der Waals surface area (Å²) in [7, 11) is 0. The summed E-state index contributed by atoms with van der Waals surface area (Å²) in [5.74, 6) is -0.00663. The number of para-hydroxylation sites is 1. The average molecular weight is 1050 g/mol. The van der Waals surface area contributed by atoms with E-state index in [2.05, 4.69) is 134 Å². The minimum absolute atomic E-state index is 0. The first kappa shape index (κ1) is 37.6. The van der Waals surface area contributed by atoms with Gasteiger partial charge in [0.15, 0.2) is 0 Å². The van der Waals surface area contributed by atoms with Crippen molar-refractivity contribution in [1.82, 2.24) is 14.5 Å². The fourth-order valence-corrected chi connectivity index (χ4v) is 8.26. The van der Waals surface area contributed by atoms with Crippen LogP contribution >= 0.6 is 0 Å². The molecule has 0 radical (unpaired) electrons. The fourth-order valence-electron chi connectivity index (χ4n) is 8.26. The molecule has 0 saturated carbocycles. The summed E-state index contributed by atoms with van der Waals surface area (Å²) in [6, 6.07) is 34.0. The summed E-state index contributed by atoms with van der Waals surface area (Å²) in [5.41, 5.74) is 11.6. The minimum Gasteiger partial charge on any atom is -0.507 e. The molecule has 0 aliphatic heterocycles. The van der Waals surface area contributed by atoms with Crippen LogP contribution in [-0.2, 0) is 31.9 Å². The molecule has 0 fully saturated rings. The van der Waals surface area contributed by atoms with Gasteiger partial charge >= 0.3 is 0 Å². The van der Waals surface area contributed by atoms with Crippen molar-refractivity contribution in [3.8, 4) is 67.5 Å². The second-order valence-corrected chi connectivity index (χ2v) is 19.9. The van der Waals surface area contributed by atoms with Gasteiger partial charge in [0.25, 0.3) is 0 Å². The van der Waals surface area contributed by atoms with Gasteiger partial charge in [-0.15, -0.1) is 29.3 Å². The van der Waals surface area contributed by atoms with Crippen molar-refractivity contribution in [3.63, 3.8) is 0 Å². The summed E-state index contributed by atoms with van der Waals surface area (Å²) in [5, 5.41) is 12.4. The summed E-state index contributed by atoms with van der Waals surface area (Å²) in [6.07, 6.45) is 1.55. The number of hydrogen-bond acceptors (Lipinski definition) is 3. The number of rotatable bonds is 9. The zero-order chi connectivity index (χ0) is 52.7. The van der Waals surface area contributed by atoms with Crippen LogP contribution in [0.4, 0.5) is 0 Å². The Morgan fingerprint density at radius 3 is 1.97 bits per heavy atom. The molecule has 0 saturated heterocycles. The van der Waals surface area contributed by atoms with Gasteiger partial charge in [-0.2, -0.15) is 0 Å². The van der Waals surface area contributed by atoms with Gasteiger partial charge in [0.05, 0.1) is 27.8 Å². The number of nitrogens with zero attached hydrogens (tertiary/aromatic N) is 3. The molecule has 336 valence electrons. The smallest absolute Gasteiger partial charge is 0.148 e. The standard InChI is InChI=1S/C60H64N3O.Pt/c1-36(2)42-23-26-54(51(32-42)41-21-24-47(25-22-41)59(8,9)10)63-55-16-14-15-49(56(55)62-58(63)52-34-44(37(3)4)33-50(38(5)6)57(52)64)45-29-46(31-48(30-45)60(11,12)13)53-35-43(27-28-61-53)40-19-17-39(7)18-20-40;/h14-28,30-38,64H,1-13H3;/q-1;/i7D3,17D,18D,19D,20D,36D;. The minimum atomic E-state index is -2.83. The number of imidazole rings is 1. The van der Waals surface area contributed by atoms with E-state index in [1.807, 2.05) is 44.2 Å². The normalized spacial score (nSPS) is 14.2. The van der Waals surface area contributed by atoms with Gasteiger partial charge in [0.1, 0.15) is 11.6 Å². The van der Waals surface area contributed by atoms with E-state index >= 15 is 0 Å². The summed E-state index contributed by atoms with van der Waals surface area (Å²) in [6.45, 7) is 22.4. The summed E-state index contributed by atoms with van der Waals surface area (Å²) < 4.78 is 69.9. The number of hydrogen-bond donors (Lipinski definition) is 1. The van der Waals surface area contributed by atoms with E-state index in [1.165, 1.54) is 5.56 Å². The van der Waals surface area contributed by atoms with Crippen molar-refractivity contribution in [3.05, 3.63) is 167 Å². The second-order valence-electron chi connectivity index (χ2n) is 19.9. The number of benzene rings is 6. The van der Waals surface area contributed by atoms with Crippen molar-refractivity contribution in [2.75, 3.05) is 0 Å². The maximum absolute atomic E-state index is 12.4. The number of aromatic hydroxyl groups is 1. The van der Waals surface area contributed by atoms with Crippen molar-refractivity contribution < 1.29 is 37.1 Å². The molecule has 0 bridgehead atoms. The predicted octanol–water partition coefficient (Wildman–Crippen LogP) is 16.5. The molecule has 5 heteroatoms. The maximum Gasteiger partial charge on any atom is 0.148 e. The van der Waals surface area contributed by atoms with Gasteiger partial charge in [-0.3, -0.25) is 9.55 Å². The van der Waals surface area contributed by atoms with Crippen LogP contribution in [-0.4, -0.2) is 19.6 Å². The fraction of sp³-hybridized carbons (Fsp3) is 0.300. The Bertz CT molecular complexity index is 3380. The molecule has 0 amide bonds. The van der Waals surface area contributed by atoms with E-state index in [9.17, 15) is 5.11 Å². The third kappa shape index (κ3) is 9.57. The van der Waals surface area contributed by atoms with E-state index < -0.39 is 42.5 Å². The molecule has 8 rings (SSSR count). The Hall–Kier alpha value is -5.57. The van der Waals surface area contributed by atoms with Gasteiger partial charge in [0.2, 0.25) is 0 Å². The van der Waals surface area contributed by atoms with Crippen LogP contribution in [0.1, 0.15) is 145 Å². The first-order chi connectivity index (χ1) is 33.5. The molecule has 6 aromatic carbocycles. The molecule has 0 aliphatic rings. The third-order valence-corrected chi connectivity index (χ3v) is 12.2. The Morgan fingerprint density at radius 2 is 1.34 bits per heavy atom. The van der Waals surface area contributed by atoms with E-state index in [0.29, 0.717) is 33.7 Å². The molecule has 0 unspecified atom stereocenters. The first-order valence-electron chi connectivity index (χ1n) is 26.3. The Morgan fingerprint density at radius 1 is 0.662 bits per heavy atom. The SMILES string of the molecule is [2H]c1c([2H])c(C([2H])([2H])[2H])c([2H])c([2H])c1-c1ccnc(-c2[c-]c(-c3cccc4c3nc(-c3cc(C(C)C)cc(C(C)C)c3O)n4-c3ccc(C([2H])(C)C)cc3-c3ccc(C(C)(C)C)cc3)cc(C(C)(C)C)c2)c1.[Pt]. The molecular formula is C60H64N3OPt-. The molecule has 2 heterocycles. The summed E-state index contributed by atoms with van der Waals surface area (Å²) >= 11 is 0. The Kier molecular flexibility index (Phi) is 10.6. The van der Waals surface area contributed by atoms with E-state index in [-0.39, 0.29) is 55.0 Å². The zero-order valence-electron chi connectivity index (χ0n) is 47.6. The quantitative estimate of drug-likeness (QED) is 0.147. The Balaban J connectivity index is 0.00000780. The van der Waals surface area contributed by atoms with Crippen molar-refractivity contribution in [1.29, 1.82) is 0 Å². The predicted molar refractivity (Wildman–Crippen MR) is 271 cm³/mol. The maximum atomic E-state index is 12.4. The molecule has 0 spiro atoms. The van der Waals surface area contributed by atoms with E-state index in [0.717, 1.165) is 55.7 Å². The molecule has 1 N–H and O–H groups in total. The van der Waals surface area contributed by atoms with E-state index in [4.69, 9.17) is 20.9 Å². The van der Waals surface area contributed by atoms with Gasteiger partial charge in [0, 0.05) is 44.0 Å².